The van der Waals surface area contributed by atoms with Crippen molar-refractivity contribution < 1.29 is 19.2 Å². The monoisotopic (exact) mass is 613 g/mol. The summed E-state index contributed by atoms with van der Waals surface area (Å²) in [5.74, 6) is -2.07. The van der Waals surface area contributed by atoms with Crippen LogP contribution in [0.15, 0.2) is 76.6 Å². The van der Waals surface area contributed by atoms with Crippen LogP contribution in [-0.2, 0) is 16.2 Å². The molecule has 1 aromatic heterocycles. The lowest BCUT2D eigenvalue weighted by atomic mass is 9.82. The van der Waals surface area contributed by atoms with Crippen LogP contribution in [-0.4, -0.2) is 27.0 Å². The Morgan fingerprint density at radius 3 is 2.35 bits per heavy atom. The summed E-state index contributed by atoms with van der Waals surface area (Å²) in [5, 5.41) is 11.8. The number of ether oxygens (including phenoxy) is 1. The van der Waals surface area contributed by atoms with Gasteiger partial charge in [0.05, 0.1) is 21.6 Å². The van der Waals surface area contributed by atoms with Gasteiger partial charge in [0.2, 0.25) is 11.8 Å². The van der Waals surface area contributed by atoms with Gasteiger partial charge in [-0.2, -0.15) is 0 Å². The second-order valence-electron chi connectivity index (χ2n) is 9.13. The van der Waals surface area contributed by atoms with Gasteiger partial charge in [-0.05, 0) is 48.0 Å². The summed E-state index contributed by atoms with van der Waals surface area (Å²) in [5.41, 5.74) is 1.51. The summed E-state index contributed by atoms with van der Waals surface area (Å²) in [7, 11) is 0. The average molecular weight is 614 g/mol. The molecule has 0 spiro atoms. The molecule has 0 unspecified atom stereocenters. The molecule has 2 aliphatic heterocycles. The molecule has 2 amide bonds. The number of fused-ring (bicyclic) bond motifs is 2. The maximum absolute atomic E-state index is 14.0. The van der Waals surface area contributed by atoms with Crippen LogP contribution in [0.2, 0.25) is 10.0 Å². The molecule has 3 heterocycles. The second kappa shape index (κ2) is 10.4. The first kappa shape index (κ1) is 26.6. The van der Waals surface area contributed by atoms with Crippen LogP contribution in [0, 0.1) is 16.0 Å². The summed E-state index contributed by atoms with van der Waals surface area (Å²) in [6.45, 7) is 0.208. The van der Waals surface area contributed by atoms with Crippen molar-refractivity contribution in [3.05, 3.63) is 113 Å². The number of thiazole rings is 1. The van der Waals surface area contributed by atoms with E-state index in [9.17, 15) is 24.5 Å². The van der Waals surface area contributed by atoms with Crippen molar-refractivity contribution in [2.24, 2.45) is 5.92 Å². The number of benzene rings is 3. The Morgan fingerprint density at radius 1 is 0.950 bits per heavy atom. The van der Waals surface area contributed by atoms with E-state index in [1.807, 2.05) is 12.1 Å². The van der Waals surface area contributed by atoms with Gasteiger partial charge in [0.25, 0.3) is 5.69 Å². The summed E-state index contributed by atoms with van der Waals surface area (Å²) in [6.07, 6.45) is 0. The van der Waals surface area contributed by atoms with Crippen LogP contribution < -0.4 is 14.5 Å². The normalized spacial score (nSPS) is 19.9. The molecule has 4 aromatic rings. The first-order valence-corrected chi connectivity index (χ1v) is 14.3. The molecule has 0 aliphatic carbocycles. The van der Waals surface area contributed by atoms with E-state index < -0.39 is 33.8 Å². The number of carbonyl (C=O) groups is 2. The molecule has 1 fully saturated rings. The number of non-ortho nitro benzene ring substituents is 1. The number of nitro groups is 1. The molecule has 9 nitrogen and oxygen atoms in total. The molecular formula is C27H17Cl2N3O6S2. The SMILES string of the molecule is O=C1[C@H]2[C@H](c3cc(Cl)ccc3OCc3ccc(Cl)cc3)c3sc(=O)[nH]c3S[C@H]2C(=O)N1c1ccc([N+](=O)[O-])cc1. The molecule has 0 bridgehead atoms. The quantitative estimate of drug-likeness (QED) is 0.160. The van der Waals surface area contributed by atoms with Gasteiger partial charge >= 0.3 is 4.87 Å². The zero-order valence-electron chi connectivity index (χ0n) is 20.2. The number of amides is 2. The molecule has 40 heavy (non-hydrogen) atoms. The highest BCUT2D eigenvalue weighted by atomic mass is 35.5. The molecule has 0 radical (unpaired) electrons. The van der Waals surface area contributed by atoms with Crippen LogP contribution in [0.3, 0.4) is 0 Å². The number of nitrogens with one attached hydrogen (secondary N) is 1. The largest absolute Gasteiger partial charge is 0.489 e. The molecule has 13 heteroatoms. The molecular weight excluding hydrogens is 597 g/mol. The Bertz CT molecular complexity index is 1720. The van der Waals surface area contributed by atoms with E-state index >= 15 is 0 Å². The van der Waals surface area contributed by atoms with Crippen LogP contribution in [0.1, 0.15) is 21.9 Å². The number of aromatic nitrogens is 1. The van der Waals surface area contributed by atoms with Crippen molar-refractivity contribution in [2.45, 2.75) is 22.8 Å². The van der Waals surface area contributed by atoms with Gasteiger partial charge in [0.1, 0.15) is 17.6 Å². The smallest absolute Gasteiger partial charge is 0.305 e. The van der Waals surface area contributed by atoms with Gasteiger partial charge in [0.15, 0.2) is 0 Å². The highest BCUT2D eigenvalue weighted by Crippen LogP contribution is 2.54. The minimum Gasteiger partial charge on any atom is -0.489 e. The second-order valence-corrected chi connectivity index (χ2v) is 12.2. The topological polar surface area (TPSA) is 123 Å². The minimum absolute atomic E-state index is 0.159. The molecule has 6 rings (SSSR count). The molecule has 3 aromatic carbocycles. The first-order valence-electron chi connectivity index (χ1n) is 11.9. The Labute approximate surface area is 244 Å². The van der Waals surface area contributed by atoms with Crippen LogP contribution in [0.5, 0.6) is 5.75 Å². The van der Waals surface area contributed by atoms with Crippen molar-refractivity contribution in [1.82, 2.24) is 4.98 Å². The molecule has 2 aliphatic rings. The van der Waals surface area contributed by atoms with Gasteiger partial charge in [-0.15, -0.1) is 0 Å². The number of carbonyl (C=O) groups excluding carboxylic acids is 2. The van der Waals surface area contributed by atoms with Gasteiger partial charge in [-0.3, -0.25) is 24.5 Å². The summed E-state index contributed by atoms with van der Waals surface area (Å²) in [4.78, 5) is 54.8. The number of nitrogens with zero attached hydrogens (tertiary/aromatic N) is 2. The lowest BCUT2D eigenvalue weighted by molar-refractivity contribution is -0.384. The van der Waals surface area contributed by atoms with E-state index in [1.165, 1.54) is 24.3 Å². The number of thioether (sulfide) groups is 1. The fraction of sp³-hybridized carbons (Fsp3) is 0.148. The fourth-order valence-electron chi connectivity index (χ4n) is 4.97. The van der Waals surface area contributed by atoms with Crippen molar-refractivity contribution in [3.63, 3.8) is 0 Å². The van der Waals surface area contributed by atoms with Gasteiger partial charge < -0.3 is 9.72 Å². The molecule has 202 valence electrons. The van der Waals surface area contributed by atoms with Crippen LogP contribution >= 0.6 is 46.3 Å². The van der Waals surface area contributed by atoms with E-state index in [0.717, 1.165) is 33.6 Å². The molecule has 1 N–H and O–H groups in total. The summed E-state index contributed by atoms with van der Waals surface area (Å²) < 4.78 is 6.18. The van der Waals surface area contributed by atoms with Crippen LogP contribution in [0.4, 0.5) is 11.4 Å². The van der Waals surface area contributed by atoms with Crippen LogP contribution in [0.25, 0.3) is 0 Å². The molecule has 0 saturated carbocycles. The maximum atomic E-state index is 14.0. The Morgan fingerprint density at radius 2 is 1.65 bits per heavy atom. The number of hydrogen-bond acceptors (Lipinski definition) is 8. The standard InChI is InChI=1S/C27H17Cl2N3O6S2/c28-14-3-1-13(2-4-14)12-38-19-10-5-15(29)11-18(19)20-21-23(39-24-22(20)40-27(35)30-24)26(34)31(25(21)33)16-6-8-17(9-7-16)32(36)37/h1-11,20-21,23H,12H2,(H,30,35)/t20-,21-,23+/m0/s1. The minimum atomic E-state index is -0.872. The lowest BCUT2D eigenvalue weighted by Crippen LogP contribution is -2.32. The average Bonchev–Trinajstić information content (AvgIpc) is 3.43. The van der Waals surface area contributed by atoms with Gasteiger partial charge in [-0.25, -0.2) is 4.90 Å². The van der Waals surface area contributed by atoms with Crippen molar-refractivity contribution in [1.29, 1.82) is 0 Å². The predicted octanol–water partition coefficient (Wildman–Crippen LogP) is 6.03. The number of aromatic amines is 1. The first-order chi connectivity index (χ1) is 19.2. The number of halogens is 2. The highest BCUT2D eigenvalue weighted by molar-refractivity contribution is 8.00. The number of nitro benzene ring substituents is 1. The Kier molecular flexibility index (Phi) is 6.91. The summed E-state index contributed by atoms with van der Waals surface area (Å²) >= 11 is 14.5. The van der Waals surface area contributed by atoms with E-state index in [0.29, 0.717) is 31.3 Å². The number of imide groups is 1. The number of H-pyrrole nitrogens is 1. The number of anilines is 1. The zero-order valence-corrected chi connectivity index (χ0v) is 23.4. The Hall–Kier alpha value is -3.64. The third-order valence-corrected chi connectivity index (χ3v) is 9.65. The van der Waals surface area contributed by atoms with E-state index in [-0.39, 0.29) is 22.9 Å². The van der Waals surface area contributed by atoms with Gasteiger partial charge in [-0.1, -0.05) is 58.4 Å². The number of rotatable bonds is 6. The zero-order chi connectivity index (χ0) is 28.1. The number of hydrogen-bond donors (Lipinski definition) is 1. The van der Waals surface area contributed by atoms with E-state index in [2.05, 4.69) is 4.98 Å². The predicted molar refractivity (Wildman–Crippen MR) is 153 cm³/mol. The maximum Gasteiger partial charge on any atom is 0.305 e. The van der Waals surface area contributed by atoms with Crippen molar-refractivity contribution in [3.8, 4) is 5.75 Å². The van der Waals surface area contributed by atoms with Gasteiger partial charge in [0, 0.05) is 38.5 Å². The highest BCUT2D eigenvalue weighted by Gasteiger charge is 2.56. The summed E-state index contributed by atoms with van der Waals surface area (Å²) in [6, 6.07) is 17.5. The third-order valence-electron chi connectivity index (χ3n) is 6.76. The van der Waals surface area contributed by atoms with E-state index in [1.54, 1.807) is 30.3 Å². The Balaban J connectivity index is 1.42. The third kappa shape index (κ3) is 4.68. The van der Waals surface area contributed by atoms with Crippen molar-refractivity contribution >= 4 is 69.5 Å². The molecule has 1 saturated heterocycles. The lowest BCUT2D eigenvalue weighted by Gasteiger charge is -2.31. The van der Waals surface area contributed by atoms with Crippen molar-refractivity contribution in [2.75, 3.05) is 4.90 Å². The molecule has 3 atom stereocenters. The van der Waals surface area contributed by atoms with E-state index in [4.69, 9.17) is 27.9 Å². The fourth-order valence-corrected chi connectivity index (χ4v) is 7.78.